The van der Waals surface area contributed by atoms with Crippen LogP contribution in [0.5, 0.6) is 0 Å². The van der Waals surface area contributed by atoms with Gasteiger partial charge in [-0.2, -0.15) is 5.10 Å². The predicted octanol–water partition coefficient (Wildman–Crippen LogP) is 2.95. The minimum Gasteiger partial charge on any atom is -0.396 e. The van der Waals surface area contributed by atoms with Crippen LogP contribution < -0.4 is 10.6 Å². The van der Waals surface area contributed by atoms with Gasteiger partial charge in [0.25, 0.3) is 5.91 Å². The first-order chi connectivity index (χ1) is 13.0. The van der Waals surface area contributed by atoms with Crippen molar-refractivity contribution >= 4 is 22.5 Å². The number of hydrogen-bond acceptors (Lipinski definition) is 5. The van der Waals surface area contributed by atoms with E-state index in [9.17, 15) is 4.79 Å². The van der Waals surface area contributed by atoms with Gasteiger partial charge in [0.1, 0.15) is 0 Å². The Morgan fingerprint density at radius 1 is 1.22 bits per heavy atom. The zero-order valence-electron chi connectivity index (χ0n) is 15.8. The van der Waals surface area contributed by atoms with Gasteiger partial charge in [-0.3, -0.25) is 14.9 Å². The highest BCUT2D eigenvalue weighted by Crippen LogP contribution is 2.31. The van der Waals surface area contributed by atoms with E-state index in [1.807, 2.05) is 45.2 Å². The molecule has 2 aromatic heterocycles. The van der Waals surface area contributed by atoms with E-state index in [0.29, 0.717) is 12.0 Å². The molecular weight excluding hydrogens is 342 g/mol. The average Bonchev–Trinajstić information content (AvgIpc) is 3.16. The zero-order chi connectivity index (χ0) is 19.4. The van der Waals surface area contributed by atoms with E-state index in [0.717, 1.165) is 27.7 Å². The molecule has 1 atom stereocenters. The van der Waals surface area contributed by atoms with E-state index in [1.54, 1.807) is 12.4 Å². The number of H-pyrrole nitrogens is 1. The topological polar surface area (TPSA) is 103 Å². The molecule has 27 heavy (non-hydrogen) atoms. The molecule has 0 spiro atoms. The molecule has 0 radical (unpaired) electrons. The molecule has 1 aromatic carbocycles. The Bertz CT molecular complexity index is 922. The van der Waals surface area contributed by atoms with Gasteiger partial charge in [-0.25, -0.2) is 0 Å². The molecule has 7 heteroatoms. The number of hydrogen-bond donors (Lipinski definition) is 4. The van der Waals surface area contributed by atoms with E-state index < -0.39 is 0 Å². The molecule has 3 rings (SSSR count). The SMILES string of the molecule is CC(C)Nc1c(C(=O)NC(C)CCO)cnc2ccc(-c3cn[nH]c3)cc12. The van der Waals surface area contributed by atoms with Crippen LogP contribution in [-0.2, 0) is 0 Å². The van der Waals surface area contributed by atoms with Crippen molar-refractivity contribution in [1.29, 1.82) is 0 Å². The summed E-state index contributed by atoms with van der Waals surface area (Å²) in [7, 11) is 0. The third-order valence-electron chi connectivity index (χ3n) is 4.32. The number of benzene rings is 1. The normalized spacial score (nSPS) is 12.3. The Hall–Kier alpha value is -2.93. The van der Waals surface area contributed by atoms with Crippen LogP contribution in [0.15, 0.2) is 36.8 Å². The first kappa shape index (κ1) is 18.8. The third-order valence-corrected chi connectivity index (χ3v) is 4.32. The molecule has 1 unspecified atom stereocenters. The monoisotopic (exact) mass is 367 g/mol. The maximum absolute atomic E-state index is 12.8. The summed E-state index contributed by atoms with van der Waals surface area (Å²) in [6.07, 6.45) is 5.70. The lowest BCUT2D eigenvalue weighted by Crippen LogP contribution is -2.34. The Morgan fingerprint density at radius 3 is 2.70 bits per heavy atom. The first-order valence-corrected chi connectivity index (χ1v) is 9.09. The number of nitrogens with zero attached hydrogens (tertiary/aromatic N) is 2. The number of carbonyl (C=O) groups excluding carboxylic acids is 1. The van der Waals surface area contributed by atoms with Crippen LogP contribution in [0, 0.1) is 0 Å². The summed E-state index contributed by atoms with van der Waals surface area (Å²) in [6.45, 7) is 5.96. The summed E-state index contributed by atoms with van der Waals surface area (Å²) in [6, 6.07) is 5.98. The lowest BCUT2D eigenvalue weighted by Gasteiger charge is -2.19. The molecule has 4 N–H and O–H groups in total. The quantitative estimate of drug-likeness (QED) is 0.514. The molecule has 0 saturated heterocycles. The fraction of sp³-hybridized carbons (Fsp3) is 0.350. The Labute approximate surface area is 158 Å². The summed E-state index contributed by atoms with van der Waals surface area (Å²) in [5.74, 6) is -0.206. The van der Waals surface area contributed by atoms with Crippen molar-refractivity contribution in [3.05, 3.63) is 42.4 Å². The minimum absolute atomic E-state index is 0.0303. The second-order valence-corrected chi connectivity index (χ2v) is 6.95. The number of amides is 1. The van der Waals surface area contributed by atoms with Crippen molar-refractivity contribution < 1.29 is 9.90 Å². The van der Waals surface area contributed by atoms with Crippen molar-refractivity contribution in [3.63, 3.8) is 0 Å². The van der Waals surface area contributed by atoms with Gasteiger partial charge in [0, 0.05) is 42.0 Å². The van der Waals surface area contributed by atoms with Gasteiger partial charge in [0.05, 0.1) is 23.0 Å². The molecule has 0 aliphatic carbocycles. The Balaban J connectivity index is 2.08. The summed E-state index contributed by atoms with van der Waals surface area (Å²) < 4.78 is 0. The molecule has 1 amide bonds. The fourth-order valence-corrected chi connectivity index (χ4v) is 2.96. The van der Waals surface area contributed by atoms with Crippen LogP contribution in [0.2, 0.25) is 0 Å². The number of fused-ring (bicyclic) bond motifs is 1. The molecular formula is C20H25N5O2. The van der Waals surface area contributed by atoms with Crippen LogP contribution in [0.1, 0.15) is 37.6 Å². The maximum atomic E-state index is 12.8. The molecule has 0 bridgehead atoms. The van der Waals surface area contributed by atoms with Crippen LogP contribution in [0.3, 0.4) is 0 Å². The van der Waals surface area contributed by atoms with Crippen molar-refractivity contribution in [1.82, 2.24) is 20.5 Å². The maximum Gasteiger partial charge on any atom is 0.255 e. The van der Waals surface area contributed by atoms with E-state index in [4.69, 9.17) is 5.11 Å². The first-order valence-electron chi connectivity index (χ1n) is 9.09. The summed E-state index contributed by atoms with van der Waals surface area (Å²) in [5, 5.41) is 23.1. The zero-order valence-corrected chi connectivity index (χ0v) is 15.8. The van der Waals surface area contributed by atoms with Gasteiger partial charge in [0.2, 0.25) is 0 Å². The van der Waals surface area contributed by atoms with Gasteiger partial charge in [0.15, 0.2) is 0 Å². The largest absolute Gasteiger partial charge is 0.396 e. The summed E-state index contributed by atoms with van der Waals surface area (Å²) >= 11 is 0. The van der Waals surface area contributed by atoms with Gasteiger partial charge >= 0.3 is 0 Å². The molecule has 7 nitrogen and oxygen atoms in total. The number of carbonyl (C=O) groups is 1. The number of pyridine rings is 1. The highest BCUT2D eigenvalue weighted by atomic mass is 16.3. The molecule has 2 heterocycles. The van der Waals surface area contributed by atoms with Crippen LogP contribution in [-0.4, -0.2) is 44.9 Å². The van der Waals surface area contributed by atoms with Crippen molar-refractivity contribution in [2.45, 2.75) is 39.3 Å². The highest BCUT2D eigenvalue weighted by molar-refractivity contribution is 6.08. The smallest absolute Gasteiger partial charge is 0.255 e. The molecule has 0 aliphatic rings. The van der Waals surface area contributed by atoms with Gasteiger partial charge in [-0.15, -0.1) is 0 Å². The molecule has 0 saturated carbocycles. The van der Waals surface area contributed by atoms with Crippen LogP contribution in [0.25, 0.3) is 22.0 Å². The van der Waals surface area contributed by atoms with Crippen LogP contribution in [0.4, 0.5) is 5.69 Å². The number of aromatic nitrogens is 3. The van der Waals surface area contributed by atoms with E-state index >= 15 is 0 Å². The lowest BCUT2D eigenvalue weighted by molar-refractivity contribution is 0.0935. The second-order valence-electron chi connectivity index (χ2n) is 6.95. The van der Waals surface area contributed by atoms with E-state index in [-0.39, 0.29) is 24.6 Å². The van der Waals surface area contributed by atoms with Gasteiger partial charge in [-0.1, -0.05) is 6.07 Å². The number of nitrogens with one attached hydrogen (secondary N) is 3. The number of anilines is 1. The standard InChI is InChI=1S/C20H25N5O2/c1-12(2)24-19-16-8-14(15-9-22-23-10-15)4-5-18(16)21-11-17(19)20(27)25-13(3)6-7-26/h4-5,8-13,26H,6-7H2,1-3H3,(H,21,24)(H,22,23)(H,25,27). The second kappa shape index (κ2) is 8.18. The number of aliphatic hydroxyl groups excluding tert-OH is 1. The summed E-state index contributed by atoms with van der Waals surface area (Å²) in [5.41, 5.74) is 4.03. The minimum atomic E-state index is -0.206. The van der Waals surface area contributed by atoms with E-state index in [2.05, 4.69) is 25.8 Å². The summed E-state index contributed by atoms with van der Waals surface area (Å²) in [4.78, 5) is 17.3. The van der Waals surface area contributed by atoms with Gasteiger partial charge in [-0.05, 0) is 44.9 Å². The lowest BCUT2D eigenvalue weighted by atomic mass is 10.0. The number of aromatic amines is 1. The van der Waals surface area contributed by atoms with E-state index in [1.165, 1.54) is 0 Å². The molecule has 142 valence electrons. The number of aliphatic hydroxyl groups is 1. The average molecular weight is 367 g/mol. The Kier molecular flexibility index (Phi) is 5.71. The van der Waals surface area contributed by atoms with Crippen molar-refractivity contribution in [3.8, 4) is 11.1 Å². The van der Waals surface area contributed by atoms with Crippen LogP contribution >= 0.6 is 0 Å². The number of rotatable bonds is 7. The van der Waals surface area contributed by atoms with Crippen molar-refractivity contribution in [2.24, 2.45) is 0 Å². The molecule has 0 fully saturated rings. The predicted molar refractivity (Wildman–Crippen MR) is 107 cm³/mol. The van der Waals surface area contributed by atoms with Gasteiger partial charge < -0.3 is 15.7 Å². The Morgan fingerprint density at radius 2 is 2.04 bits per heavy atom. The molecule has 3 aromatic rings. The molecule has 0 aliphatic heterocycles. The fourth-order valence-electron chi connectivity index (χ4n) is 2.96. The highest BCUT2D eigenvalue weighted by Gasteiger charge is 2.18. The van der Waals surface area contributed by atoms with Crippen molar-refractivity contribution in [2.75, 3.05) is 11.9 Å². The third kappa shape index (κ3) is 4.25.